The van der Waals surface area contributed by atoms with Gasteiger partial charge in [-0.1, -0.05) is 103 Å². The molecule has 182 valence electrons. The van der Waals surface area contributed by atoms with E-state index in [0.29, 0.717) is 6.54 Å². The summed E-state index contributed by atoms with van der Waals surface area (Å²) in [5.74, 6) is -1.99. The monoisotopic (exact) mass is 471 g/mol. The molecule has 0 radical (unpaired) electrons. The Morgan fingerprint density at radius 2 is 1.49 bits per heavy atom. The van der Waals surface area contributed by atoms with Crippen molar-refractivity contribution in [3.05, 3.63) is 114 Å². The summed E-state index contributed by atoms with van der Waals surface area (Å²) in [5, 5.41) is 9.38. The van der Waals surface area contributed by atoms with Crippen LogP contribution >= 0.6 is 0 Å². The Morgan fingerprint density at radius 3 is 2.06 bits per heavy atom. The summed E-state index contributed by atoms with van der Waals surface area (Å²) in [6.07, 6.45) is 4.07. The molecule has 0 heterocycles. The van der Waals surface area contributed by atoms with E-state index in [1.807, 2.05) is 78.9 Å². The Bertz CT molecular complexity index is 1080. The minimum absolute atomic E-state index is 0.0428. The molecule has 0 aliphatic heterocycles. The molecule has 3 aromatic rings. The minimum Gasteiger partial charge on any atom is -0.481 e. The maximum atomic E-state index is 13.0. The number of methoxy groups -OCH3 is 1. The van der Waals surface area contributed by atoms with E-state index in [0.717, 1.165) is 16.7 Å². The molecule has 0 fully saturated rings. The molecule has 5 nitrogen and oxygen atoms in total. The maximum absolute atomic E-state index is 13.0. The molecular weight excluding hydrogens is 438 g/mol. The van der Waals surface area contributed by atoms with Gasteiger partial charge in [0.15, 0.2) is 0 Å². The van der Waals surface area contributed by atoms with Gasteiger partial charge >= 0.3 is 11.9 Å². The van der Waals surface area contributed by atoms with Crippen LogP contribution in [0.2, 0.25) is 0 Å². The van der Waals surface area contributed by atoms with Gasteiger partial charge in [0.2, 0.25) is 0 Å². The lowest BCUT2D eigenvalue weighted by Crippen LogP contribution is -2.44. The van der Waals surface area contributed by atoms with E-state index in [1.165, 1.54) is 7.11 Å². The molecule has 1 N–H and O–H groups in total. The Kier molecular flexibility index (Phi) is 9.81. The summed E-state index contributed by atoms with van der Waals surface area (Å²) in [7, 11) is 1.36. The van der Waals surface area contributed by atoms with Gasteiger partial charge in [-0.15, -0.1) is 0 Å². The normalized spacial score (nSPS) is 13.9. The van der Waals surface area contributed by atoms with Crippen LogP contribution in [0.4, 0.5) is 0 Å². The fraction of sp³-hybridized carbons (Fsp3) is 0.267. The van der Waals surface area contributed by atoms with E-state index in [1.54, 1.807) is 0 Å². The molecule has 35 heavy (non-hydrogen) atoms. The van der Waals surface area contributed by atoms with Gasteiger partial charge in [-0.3, -0.25) is 14.5 Å². The summed E-state index contributed by atoms with van der Waals surface area (Å²) in [5.41, 5.74) is 3.23. The number of carbonyl (C=O) groups is 2. The van der Waals surface area contributed by atoms with Crippen LogP contribution in [-0.4, -0.2) is 35.1 Å². The van der Waals surface area contributed by atoms with Gasteiger partial charge in [0.25, 0.3) is 0 Å². The molecule has 0 aliphatic carbocycles. The minimum atomic E-state index is -0.935. The first kappa shape index (κ1) is 25.9. The molecule has 3 rings (SSSR count). The molecule has 0 aromatic heterocycles. The van der Waals surface area contributed by atoms with Crippen LogP contribution in [0.5, 0.6) is 0 Å². The third kappa shape index (κ3) is 7.66. The van der Waals surface area contributed by atoms with Crippen molar-refractivity contribution in [3.63, 3.8) is 0 Å². The topological polar surface area (TPSA) is 66.8 Å². The first-order chi connectivity index (χ1) is 17.0. The van der Waals surface area contributed by atoms with Crippen LogP contribution in [0.15, 0.2) is 97.1 Å². The molecule has 0 amide bonds. The lowest BCUT2D eigenvalue weighted by molar-refractivity contribution is -0.148. The van der Waals surface area contributed by atoms with Crippen molar-refractivity contribution in [1.82, 2.24) is 4.90 Å². The van der Waals surface area contributed by atoms with Crippen molar-refractivity contribution in [2.24, 2.45) is 5.92 Å². The Balaban J connectivity index is 2.09. The Hall–Kier alpha value is -3.70. The van der Waals surface area contributed by atoms with Crippen molar-refractivity contribution < 1.29 is 19.4 Å². The van der Waals surface area contributed by atoms with Gasteiger partial charge in [-0.05, 0) is 30.0 Å². The van der Waals surface area contributed by atoms with Crippen LogP contribution in [0.3, 0.4) is 0 Å². The second kappa shape index (κ2) is 13.3. The highest BCUT2D eigenvalue weighted by molar-refractivity contribution is 5.75. The zero-order valence-electron chi connectivity index (χ0n) is 20.3. The van der Waals surface area contributed by atoms with Gasteiger partial charge in [0.1, 0.15) is 0 Å². The number of carbonyl (C=O) groups excluding carboxylic acids is 1. The molecule has 0 saturated carbocycles. The Labute approximate surface area is 207 Å². The lowest BCUT2D eigenvalue weighted by atomic mass is 9.89. The van der Waals surface area contributed by atoms with Gasteiger partial charge in [-0.2, -0.15) is 0 Å². The third-order valence-corrected chi connectivity index (χ3v) is 6.24. The fourth-order valence-corrected chi connectivity index (χ4v) is 4.33. The number of aliphatic carboxylic acids is 1. The van der Waals surface area contributed by atoms with Gasteiger partial charge in [0, 0.05) is 25.0 Å². The number of nitrogens with zero attached hydrogens (tertiary/aromatic N) is 1. The highest BCUT2D eigenvalue weighted by Gasteiger charge is 2.35. The molecule has 3 atom stereocenters. The van der Waals surface area contributed by atoms with Gasteiger partial charge in [0.05, 0.1) is 13.0 Å². The van der Waals surface area contributed by atoms with Crippen LogP contribution < -0.4 is 0 Å². The number of carboxylic acid groups (broad SMARTS) is 1. The molecular formula is C30H33NO4. The van der Waals surface area contributed by atoms with E-state index in [-0.39, 0.29) is 18.9 Å². The van der Waals surface area contributed by atoms with E-state index < -0.39 is 23.9 Å². The second-order valence-corrected chi connectivity index (χ2v) is 8.57. The second-order valence-electron chi connectivity index (χ2n) is 8.57. The largest absolute Gasteiger partial charge is 0.481 e. The average Bonchev–Trinajstić information content (AvgIpc) is 2.90. The van der Waals surface area contributed by atoms with E-state index >= 15 is 0 Å². The third-order valence-electron chi connectivity index (χ3n) is 6.24. The van der Waals surface area contributed by atoms with Crippen molar-refractivity contribution in [3.8, 4) is 0 Å². The first-order valence-electron chi connectivity index (χ1n) is 11.9. The summed E-state index contributed by atoms with van der Waals surface area (Å²) in [6.45, 7) is 2.70. The molecule has 0 spiro atoms. The highest BCUT2D eigenvalue weighted by Crippen LogP contribution is 2.31. The predicted octanol–water partition coefficient (Wildman–Crippen LogP) is 5.99. The molecule has 0 saturated heterocycles. The lowest BCUT2D eigenvalue weighted by Gasteiger charge is -2.38. The van der Waals surface area contributed by atoms with Crippen molar-refractivity contribution in [2.75, 3.05) is 7.11 Å². The van der Waals surface area contributed by atoms with Crippen LogP contribution in [0.1, 0.15) is 42.5 Å². The smallest absolute Gasteiger partial charge is 0.310 e. The quantitative estimate of drug-likeness (QED) is 0.329. The number of carboxylic acids is 1. The molecule has 3 aromatic carbocycles. The number of rotatable bonds is 12. The number of hydrogen-bond acceptors (Lipinski definition) is 4. The maximum Gasteiger partial charge on any atom is 0.310 e. The SMILES string of the molecule is COC(=O)[C@H](CCC(=O)O)[C@@H](/C=C/c1ccccc1)N(Cc1ccccc1)[C@H](C)c1ccccc1. The van der Waals surface area contributed by atoms with Crippen LogP contribution in [-0.2, 0) is 20.9 Å². The van der Waals surface area contributed by atoms with Crippen molar-refractivity contribution >= 4 is 18.0 Å². The number of hydrogen-bond donors (Lipinski definition) is 1. The molecule has 5 heteroatoms. The molecule has 0 bridgehead atoms. The van der Waals surface area contributed by atoms with Crippen molar-refractivity contribution in [1.29, 1.82) is 0 Å². The fourth-order valence-electron chi connectivity index (χ4n) is 4.33. The van der Waals surface area contributed by atoms with Crippen molar-refractivity contribution in [2.45, 2.75) is 38.4 Å². The summed E-state index contributed by atoms with van der Waals surface area (Å²) < 4.78 is 5.17. The van der Waals surface area contributed by atoms with Crippen LogP contribution in [0, 0.1) is 5.92 Å². The molecule has 0 unspecified atom stereocenters. The Morgan fingerprint density at radius 1 is 0.914 bits per heavy atom. The zero-order valence-corrected chi connectivity index (χ0v) is 20.3. The van der Waals surface area contributed by atoms with E-state index in [2.05, 4.69) is 36.1 Å². The highest BCUT2D eigenvalue weighted by atomic mass is 16.5. The number of ether oxygens (including phenoxy) is 1. The first-order valence-corrected chi connectivity index (χ1v) is 11.9. The number of esters is 1. The van der Waals surface area contributed by atoms with Crippen LogP contribution in [0.25, 0.3) is 6.08 Å². The average molecular weight is 472 g/mol. The van der Waals surface area contributed by atoms with Gasteiger partial charge < -0.3 is 9.84 Å². The predicted molar refractivity (Wildman–Crippen MR) is 138 cm³/mol. The van der Waals surface area contributed by atoms with E-state index in [9.17, 15) is 14.7 Å². The number of benzene rings is 3. The summed E-state index contributed by atoms with van der Waals surface area (Å²) in [6, 6.07) is 29.7. The summed E-state index contributed by atoms with van der Waals surface area (Å²) in [4.78, 5) is 26.7. The van der Waals surface area contributed by atoms with Gasteiger partial charge in [-0.25, -0.2) is 0 Å². The standard InChI is InChI=1S/C30H33NO4/c1-23(26-16-10-5-11-17-26)31(22-25-14-8-4-9-15-25)28(20-18-24-12-6-3-7-13-24)27(30(34)35-2)19-21-29(32)33/h3-18,20,23,27-28H,19,21-22H2,1-2H3,(H,32,33)/b20-18+/t23-,27-,28-/m1/s1. The molecule has 0 aliphatic rings. The summed E-state index contributed by atoms with van der Waals surface area (Å²) >= 11 is 0. The zero-order chi connectivity index (χ0) is 25.0. The van der Waals surface area contributed by atoms with E-state index in [4.69, 9.17) is 4.74 Å².